The van der Waals surface area contributed by atoms with Crippen molar-refractivity contribution in [3.63, 3.8) is 0 Å². The molecule has 28 heavy (non-hydrogen) atoms. The van der Waals surface area contributed by atoms with Crippen molar-refractivity contribution in [2.24, 2.45) is 5.10 Å². The van der Waals surface area contributed by atoms with Gasteiger partial charge < -0.3 is 0 Å². The number of rotatable bonds is 6. The Kier molecular flexibility index (Phi) is 6.03. The molecule has 2 aromatic carbocycles. The standard InChI is InChI=1S/C18H13Cl2N5O3/c19-14-4-3-13(16(20)9-14)10-21-22-18(26)17-7-8-24(23-17)11-12-1-5-15(6-2-12)25(27)28/h1-10H,11H2,(H,22,26)/b21-10+. The highest BCUT2D eigenvalue weighted by Crippen LogP contribution is 2.19. The molecular formula is C18H13Cl2N5O3. The van der Waals surface area contributed by atoms with Crippen LogP contribution in [0.25, 0.3) is 0 Å². The number of hydrazone groups is 1. The van der Waals surface area contributed by atoms with E-state index in [-0.39, 0.29) is 11.4 Å². The first-order chi connectivity index (χ1) is 13.4. The number of aromatic nitrogens is 2. The van der Waals surface area contributed by atoms with Crippen molar-refractivity contribution in [3.8, 4) is 0 Å². The Morgan fingerprint density at radius 3 is 2.64 bits per heavy atom. The number of hydrogen-bond acceptors (Lipinski definition) is 5. The predicted octanol–water partition coefficient (Wildman–Crippen LogP) is 3.91. The van der Waals surface area contributed by atoms with Crippen molar-refractivity contribution in [2.45, 2.75) is 6.54 Å². The topological polar surface area (TPSA) is 102 Å². The van der Waals surface area contributed by atoms with E-state index >= 15 is 0 Å². The first kappa shape index (κ1) is 19.5. The minimum atomic E-state index is -0.483. The van der Waals surface area contributed by atoms with Crippen molar-refractivity contribution in [1.82, 2.24) is 15.2 Å². The van der Waals surface area contributed by atoms with Gasteiger partial charge in [0.2, 0.25) is 0 Å². The number of nitrogens with one attached hydrogen (secondary N) is 1. The number of nitrogens with zero attached hydrogens (tertiary/aromatic N) is 4. The lowest BCUT2D eigenvalue weighted by Gasteiger charge is -2.02. The quantitative estimate of drug-likeness (QED) is 0.373. The van der Waals surface area contributed by atoms with Gasteiger partial charge in [0, 0.05) is 28.9 Å². The lowest BCUT2D eigenvalue weighted by atomic mass is 10.2. The molecule has 0 radical (unpaired) electrons. The molecule has 10 heteroatoms. The number of amides is 1. The molecular weight excluding hydrogens is 405 g/mol. The molecule has 1 heterocycles. The maximum Gasteiger partial charge on any atom is 0.291 e. The zero-order valence-electron chi connectivity index (χ0n) is 14.3. The Labute approximate surface area is 169 Å². The third-order valence-electron chi connectivity index (χ3n) is 3.70. The number of non-ortho nitro benzene ring substituents is 1. The summed E-state index contributed by atoms with van der Waals surface area (Å²) in [4.78, 5) is 22.3. The van der Waals surface area contributed by atoms with Crippen LogP contribution in [-0.4, -0.2) is 26.8 Å². The lowest BCUT2D eigenvalue weighted by molar-refractivity contribution is -0.384. The molecule has 0 bridgehead atoms. The predicted molar refractivity (Wildman–Crippen MR) is 106 cm³/mol. The van der Waals surface area contributed by atoms with E-state index in [0.29, 0.717) is 22.2 Å². The number of carbonyl (C=O) groups excluding carboxylic acids is 1. The van der Waals surface area contributed by atoms with E-state index in [9.17, 15) is 14.9 Å². The number of carbonyl (C=O) groups is 1. The Morgan fingerprint density at radius 2 is 1.96 bits per heavy atom. The van der Waals surface area contributed by atoms with Gasteiger partial charge in [0.05, 0.1) is 22.7 Å². The number of nitro groups is 1. The van der Waals surface area contributed by atoms with E-state index in [4.69, 9.17) is 23.2 Å². The zero-order valence-corrected chi connectivity index (χ0v) is 15.8. The van der Waals surface area contributed by atoms with E-state index in [2.05, 4.69) is 15.6 Å². The number of benzene rings is 2. The van der Waals surface area contributed by atoms with Crippen LogP contribution in [0, 0.1) is 10.1 Å². The van der Waals surface area contributed by atoms with Crippen LogP contribution in [0.4, 0.5) is 5.69 Å². The van der Waals surface area contributed by atoms with Gasteiger partial charge in [-0.05, 0) is 23.8 Å². The third kappa shape index (κ3) is 4.93. The normalized spacial score (nSPS) is 10.9. The van der Waals surface area contributed by atoms with Gasteiger partial charge in [-0.3, -0.25) is 19.6 Å². The summed E-state index contributed by atoms with van der Waals surface area (Å²) in [7, 11) is 0. The van der Waals surface area contributed by atoms with Crippen LogP contribution in [0.2, 0.25) is 10.0 Å². The highest BCUT2D eigenvalue weighted by Gasteiger charge is 2.10. The average Bonchev–Trinajstić information content (AvgIpc) is 3.12. The number of hydrogen-bond donors (Lipinski definition) is 1. The first-order valence-electron chi connectivity index (χ1n) is 7.97. The second kappa shape index (κ2) is 8.64. The third-order valence-corrected chi connectivity index (χ3v) is 4.26. The number of nitro benzene ring substituents is 1. The summed E-state index contributed by atoms with van der Waals surface area (Å²) in [5, 5.41) is 19.6. The second-order valence-corrected chi connectivity index (χ2v) is 6.53. The highest BCUT2D eigenvalue weighted by molar-refractivity contribution is 6.36. The molecule has 142 valence electrons. The molecule has 8 nitrogen and oxygen atoms in total. The highest BCUT2D eigenvalue weighted by atomic mass is 35.5. The largest absolute Gasteiger partial charge is 0.291 e. The van der Waals surface area contributed by atoms with Crippen molar-refractivity contribution in [1.29, 1.82) is 0 Å². The summed E-state index contributed by atoms with van der Waals surface area (Å²) in [6.07, 6.45) is 3.04. The Hall–Kier alpha value is -3.23. The van der Waals surface area contributed by atoms with Crippen LogP contribution >= 0.6 is 23.2 Å². The zero-order chi connectivity index (χ0) is 20.1. The summed E-state index contributed by atoms with van der Waals surface area (Å²) in [5.74, 6) is -0.483. The summed E-state index contributed by atoms with van der Waals surface area (Å²) in [6, 6.07) is 12.6. The SMILES string of the molecule is O=C(N/N=C/c1ccc(Cl)cc1Cl)c1ccn(Cc2ccc([N+](=O)[O-])cc2)n1. The van der Waals surface area contributed by atoms with Crippen LogP contribution in [0.3, 0.4) is 0 Å². The molecule has 0 aliphatic heterocycles. The Morgan fingerprint density at radius 1 is 1.21 bits per heavy atom. The number of halogens is 2. The summed E-state index contributed by atoms with van der Waals surface area (Å²) in [6.45, 7) is 0.370. The lowest BCUT2D eigenvalue weighted by Crippen LogP contribution is -2.18. The van der Waals surface area contributed by atoms with Crippen molar-refractivity contribution >= 4 is 41.0 Å². The fraction of sp³-hybridized carbons (Fsp3) is 0.0556. The maximum atomic E-state index is 12.1. The van der Waals surface area contributed by atoms with Crippen molar-refractivity contribution in [2.75, 3.05) is 0 Å². The van der Waals surface area contributed by atoms with E-state index in [1.54, 1.807) is 47.3 Å². The summed E-state index contributed by atoms with van der Waals surface area (Å²) in [5.41, 5.74) is 4.00. The van der Waals surface area contributed by atoms with E-state index in [0.717, 1.165) is 5.56 Å². The first-order valence-corrected chi connectivity index (χ1v) is 8.73. The molecule has 0 fully saturated rings. The second-order valence-electron chi connectivity index (χ2n) is 5.69. The molecule has 1 amide bonds. The van der Waals surface area contributed by atoms with Gasteiger partial charge in [0.15, 0.2) is 5.69 Å². The van der Waals surface area contributed by atoms with E-state index in [1.165, 1.54) is 18.3 Å². The Balaban J connectivity index is 1.60. The molecule has 1 aromatic heterocycles. The molecule has 0 atom stereocenters. The monoisotopic (exact) mass is 417 g/mol. The van der Waals surface area contributed by atoms with Crippen LogP contribution < -0.4 is 5.43 Å². The van der Waals surface area contributed by atoms with Gasteiger partial charge in [-0.25, -0.2) is 5.43 Å². The molecule has 0 aliphatic rings. The minimum absolute atomic E-state index is 0.0166. The molecule has 0 aliphatic carbocycles. The van der Waals surface area contributed by atoms with Crippen molar-refractivity contribution in [3.05, 3.63) is 91.7 Å². The fourth-order valence-electron chi connectivity index (χ4n) is 2.30. The molecule has 0 saturated heterocycles. The molecule has 1 N–H and O–H groups in total. The van der Waals surface area contributed by atoms with Crippen LogP contribution in [-0.2, 0) is 6.54 Å². The molecule has 3 aromatic rings. The summed E-state index contributed by atoms with van der Waals surface area (Å²) >= 11 is 11.9. The van der Waals surface area contributed by atoms with Gasteiger partial charge in [-0.1, -0.05) is 41.4 Å². The molecule has 0 saturated carbocycles. The van der Waals surface area contributed by atoms with Crippen LogP contribution in [0.5, 0.6) is 0 Å². The Bertz CT molecular complexity index is 1050. The van der Waals surface area contributed by atoms with Gasteiger partial charge in [-0.15, -0.1) is 0 Å². The summed E-state index contributed by atoms with van der Waals surface area (Å²) < 4.78 is 1.55. The average molecular weight is 418 g/mol. The van der Waals surface area contributed by atoms with E-state index in [1.807, 2.05) is 0 Å². The van der Waals surface area contributed by atoms with Gasteiger partial charge in [-0.2, -0.15) is 10.2 Å². The van der Waals surface area contributed by atoms with Crippen LogP contribution in [0.1, 0.15) is 21.6 Å². The molecule has 0 unspecified atom stereocenters. The maximum absolute atomic E-state index is 12.1. The van der Waals surface area contributed by atoms with Crippen molar-refractivity contribution < 1.29 is 9.72 Å². The van der Waals surface area contributed by atoms with Gasteiger partial charge >= 0.3 is 0 Å². The van der Waals surface area contributed by atoms with E-state index < -0.39 is 10.8 Å². The minimum Gasteiger partial charge on any atom is -0.268 e. The van der Waals surface area contributed by atoms with Gasteiger partial charge in [0.25, 0.3) is 11.6 Å². The molecule has 0 spiro atoms. The van der Waals surface area contributed by atoms with Gasteiger partial charge in [0.1, 0.15) is 0 Å². The van der Waals surface area contributed by atoms with Crippen LogP contribution in [0.15, 0.2) is 59.8 Å². The fourth-order valence-corrected chi connectivity index (χ4v) is 2.76. The molecule has 3 rings (SSSR count). The smallest absolute Gasteiger partial charge is 0.268 e.